The van der Waals surface area contributed by atoms with E-state index >= 15 is 0 Å². The number of rotatable bonds is 2. The van der Waals surface area contributed by atoms with Crippen LogP contribution in [-0.2, 0) is 19.4 Å². The number of carbonyl (C=O) groups excluding carboxylic acids is 1. The molecule has 0 saturated heterocycles. The SMILES string of the molecule is Cc1cccc(CN2CNc3sc4c(c3C2=O)CCCC4)c1. The molecule has 4 rings (SSSR count). The Morgan fingerprint density at radius 1 is 1.27 bits per heavy atom. The summed E-state index contributed by atoms with van der Waals surface area (Å²) in [5, 5.41) is 4.55. The molecule has 0 spiro atoms. The van der Waals surface area contributed by atoms with Gasteiger partial charge < -0.3 is 10.2 Å². The van der Waals surface area contributed by atoms with Crippen LogP contribution in [0.3, 0.4) is 0 Å². The number of amides is 1. The molecule has 0 saturated carbocycles. The molecule has 1 aliphatic carbocycles. The van der Waals surface area contributed by atoms with Crippen LogP contribution < -0.4 is 5.32 Å². The van der Waals surface area contributed by atoms with Crippen molar-refractivity contribution in [3.63, 3.8) is 0 Å². The highest BCUT2D eigenvalue weighted by Gasteiger charge is 2.31. The first-order chi connectivity index (χ1) is 10.7. The van der Waals surface area contributed by atoms with Gasteiger partial charge in [0.05, 0.1) is 12.2 Å². The van der Waals surface area contributed by atoms with E-state index in [-0.39, 0.29) is 5.91 Å². The molecule has 1 amide bonds. The highest BCUT2D eigenvalue weighted by Crippen LogP contribution is 2.40. The lowest BCUT2D eigenvalue weighted by atomic mass is 9.94. The lowest BCUT2D eigenvalue weighted by molar-refractivity contribution is 0.0746. The molecule has 1 N–H and O–H groups in total. The van der Waals surface area contributed by atoms with E-state index in [1.807, 2.05) is 4.90 Å². The van der Waals surface area contributed by atoms with Crippen molar-refractivity contribution < 1.29 is 4.79 Å². The maximum absolute atomic E-state index is 12.9. The lowest BCUT2D eigenvalue weighted by Gasteiger charge is -2.29. The number of thiophene rings is 1. The summed E-state index contributed by atoms with van der Waals surface area (Å²) in [6, 6.07) is 8.41. The molecule has 114 valence electrons. The molecule has 0 atom stereocenters. The third-order valence-corrected chi connectivity index (χ3v) is 5.81. The topological polar surface area (TPSA) is 32.3 Å². The maximum Gasteiger partial charge on any atom is 0.258 e. The van der Waals surface area contributed by atoms with Crippen molar-refractivity contribution in [3.8, 4) is 0 Å². The number of hydrogen-bond acceptors (Lipinski definition) is 3. The van der Waals surface area contributed by atoms with Crippen LogP contribution in [0.25, 0.3) is 0 Å². The van der Waals surface area contributed by atoms with Crippen molar-refractivity contribution in [2.75, 3.05) is 12.0 Å². The van der Waals surface area contributed by atoms with E-state index in [0.29, 0.717) is 13.2 Å². The van der Waals surface area contributed by atoms with Gasteiger partial charge in [-0.1, -0.05) is 29.8 Å². The second-order valence-electron chi connectivity index (χ2n) is 6.24. The zero-order chi connectivity index (χ0) is 15.1. The molecule has 2 heterocycles. The molecule has 0 bridgehead atoms. The van der Waals surface area contributed by atoms with Crippen molar-refractivity contribution in [2.24, 2.45) is 0 Å². The van der Waals surface area contributed by atoms with Crippen LogP contribution in [0, 0.1) is 6.92 Å². The molecule has 4 heteroatoms. The van der Waals surface area contributed by atoms with Crippen molar-refractivity contribution in [1.29, 1.82) is 0 Å². The molecule has 1 aromatic heterocycles. The van der Waals surface area contributed by atoms with Crippen LogP contribution in [-0.4, -0.2) is 17.5 Å². The quantitative estimate of drug-likeness (QED) is 0.910. The Balaban J connectivity index is 1.63. The van der Waals surface area contributed by atoms with E-state index in [4.69, 9.17) is 0 Å². The standard InChI is InChI=1S/C18H20N2OS/c1-12-5-4-6-13(9-12)10-20-11-19-17-16(18(20)21)14-7-2-3-8-15(14)22-17/h4-6,9,19H,2-3,7-8,10-11H2,1H3. The fourth-order valence-electron chi connectivity index (χ4n) is 3.47. The number of carbonyl (C=O) groups is 1. The first-order valence-electron chi connectivity index (χ1n) is 7.95. The highest BCUT2D eigenvalue weighted by molar-refractivity contribution is 7.16. The third-order valence-electron chi connectivity index (χ3n) is 4.56. The van der Waals surface area contributed by atoms with Gasteiger partial charge >= 0.3 is 0 Å². The number of nitrogens with zero attached hydrogens (tertiary/aromatic N) is 1. The summed E-state index contributed by atoms with van der Waals surface area (Å²) in [6.45, 7) is 3.38. The fourth-order valence-corrected chi connectivity index (χ4v) is 4.74. The second-order valence-corrected chi connectivity index (χ2v) is 7.35. The molecule has 1 aromatic carbocycles. The Bertz CT molecular complexity index is 735. The van der Waals surface area contributed by atoms with E-state index in [1.165, 1.54) is 34.4 Å². The average Bonchev–Trinajstić information content (AvgIpc) is 2.89. The molecule has 0 radical (unpaired) electrons. The molecule has 3 nitrogen and oxygen atoms in total. The van der Waals surface area contributed by atoms with E-state index in [2.05, 4.69) is 36.5 Å². The first-order valence-corrected chi connectivity index (χ1v) is 8.77. The van der Waals surface area contributed by atoms with Crippen LogP contribution in [0.15, 0.2) is 24.3 Å². The van der Waals surface area contributed by atoms with E-state index in [1.54, 1.807) is 11.3 Å². The number of nitrogens with one attached hydrogen (secondary N) is 1. The van der Waals surface area contributed by atoms with E-state index < -0.39 is 0 Å². The van der Waals surface area contributed by atoms with Gasteiger partial charge in [-0.05, 0) is 43.7 Å². The zero-order valence-corrected chi connectivity index (χ0v) is 13.6. The van der Waals surface area contributed by atoms with E-state index in [0.717, 1.165) is 23.4 Å². The van der Waals surface area contributed by atoms with Crippen molar-refractivity contribution in [3.05, 3.63) is 51.4 Å². The molecular formula is C18H20N2OS. The maximum atomic E-state index is 12.9. The lowest BCUT2D eigenvalue weighted by Crippen LogP contribution is -2.39. The first kappa shape index (κ1) is 13.8. The molecule has 1 aliphatic heterocycles. The highest BCUT2D eigenvalue weighted by atomic mass is 32.1. The second kappa shape index (κ2) is 5.43. The summed E-state index contributed by atoms with van der Waals surface area (Å²) < 4.78 is 0. The van der Waals surface area contributed by atoms with Crippen LogP contribution in [0.4, 0.5) is 5.00 Å². The summed E-state index contributed by atoms with van der Waals surface area (Å²) in [5.74, 6) is 0.203. The zero-order valence-electron chi connectivity index (χ0n) is 12.8. The predicted molar refractivity (Wildman–Crippen MR) is 90.5 cm³/mol. The van der Waals surface area contributed by atoms with Gasteiger partial charge in [0.2, 0.25) is 0 Å². The summed E-state index contributed by atoms with van der Waals surface area (Å²) in [6.07, 6.45) is 4.67. The number of anilines is 1. The summed E-state index contributed by atoms with van der Waals surface area (Å²) in [4.78, 5) is 16.3. The van der Waals surface area contributed by atoms with Crippen LogP contribution in [0.2, 0.25) is 0 Å². The summed E-state index contributed by atoms with van der Waals surface area (Å²) in [7, 11) is 0. The minimum Gasteiger partial charge on any atom is -0.359 e. The largest absolute Gasteiger partial charge is 0.359 e. The summed E-state index contributed by atoms with van der Waals surface area (Å²) in [5.41, 5.74) is 4.71. The van der Waals surface area contributed by atoms with Crippen LogP contribution >= 0.6 is 11.3 Å². The van der Waals surface area contributed by atoms with Gasteiger partial charge in [0.1, 0.15) is 5.00 Å². The van der Waals surface area contributed by atoms with Gasteiger partial charge in [-0.15, -0.1) is 11.3 Å². The normalized spacial score (nSPS) is 17.0. The molecular weight excluding hydrogens is 292 g/mol. The van der Waals surface area contributed by atoms with Crippen molar-refractivity contribution >= 4 is 22.2 Å². The van der Waals surface area contributed by atoms with Crippen LogP contribution in [0.1, 0.15) is 44.8 Å². The van der Waals surface area contributed by atoms with Gasteiger partial charge in [0.25, 0.3) is 5.91 Å². The average molecular weight is 312 g/mol. The molecule has 22 heavy (non-hydrogen) atoms. The third kappa shape index (κ3) is 2.31. The van der Waals surface area contributed by atoms with Gasteiger partial charge in [-0.25, -0.2) is 0 Å². The Morgan fingerprint density at radius 2 is 2.14 bits per heavy atom. The smallest absolute Gasteiger partial charge is 0.258 e. The Kier molecular flexibility index (Phi) is 3.41. The number of benzene rings is 1. The molecule has 2 aliphatic rings. The molecule has 0 unspecified atom stereocenters. The minimum atomic E-state index is 0.203. The number of hydrogen-bond donors (Lipinski definition) is 1. The Morgan fingerprint density at radius 3 is 3.00 bits per heavy atom. The van der Waals surface area contributed by atoms with Gasteiger partial charge in [0, 0.05) is 11.4 Å². The van der Waals surface area contributed by atoms with Crippen molar-refractivity contribution in [2.45, 2.75) is 39.2 Å². The van der Waals surface area contributed by atoms with Gasteiger partial charge in [0.15, 0.2) is 0 Å². The fraction of sp³-hybridized carbons (Fsp3) is 0.389. The van der Waals surface area contributed by atoms with Crippen LogP contribution in [0.5, 0.6) is 0 Å². The van der Waals surface area contributed by atoms with Gasteiger partial charge in [-0.2, -0.15) is 0 Å². The molecule has 2 aromatic rings. The molecule has 0 fully saturated rings. The predicted octanol–water partition coefficient (Wildman–Crippen LogP) is 3.96. The monoisotopic (exact) mass is 312 g/mol. The number of fused-ring (bicyclic) bond motifs is 3. The minimum absolute atomic E-state index is 0.203. The number of aryl methyl sites for hydroxylation is 2. The van der Waals surface area contributed by atoms with Crippen molar-refractivity contribution in [1.82, 2.24) is 4.90 Å². The van der Waals surface area contributed by atoms with Gasteiger partial charge in [-0.3, -0.25) is 4.79 Å². The Hall–Kier alpha value is -1.81. The van der Waals surface area contributed by atoms with E-state index in [9.17, 15) is 4.79 Å². The summed E-state index contributed by atoms with van der Waals surface area (Å²) >= 11 is 1.79. The Labute approximate surface area is 135 Å².